The summed E-state index contributed by atoms with van der Waals surface area (Å²) in [5, 5.41) is 3.37. The topological polar surface area (TPSA) is 32.3 Å². The van der Waals surface area contributed by atoms with E-state index in [2.05, 4.69) is 17.1 Å². The van der Waals surface area contributed by atoms with Crippen molar-refractivity contribution in [2.24, 2.45) is 11.8 Å². The molecule has 2 aliphatic rings. The number of carbonyl (C=O) groups excluding carboxylic acids is 1. The van der Waals surface area contributed by atoms with Crippen molar-refractivity contribution >= 4 is 5.91 Å². The van der Waals surface area contributed by atoms with Gasteiger partial charge in [0, 0.05) is 19.5 Å². The van der Waals surface area contributed by atoms with E-state index in [1.807, 2.05) is 0 Å². The molecule has 0 aromatic heterocycles. The number of piperidine rings is 1. The lowest BCUT2D eigenvalue weighted by molar-refractivity contribution is -0.130. The van der Waals surface area contributed by atoms with Gasteiger partial charge in [-0.3, -0.25) is 4.79 Å². The maximum absolute atomic E-state index is 11.9. The summed E-state index contributed by atoms with van der Waals surface area (Å²) >= 11 is 0. The van der Waals surface area contributed by atoms with Gasteiger partial charge in [0.25, 0.3) is 0 Å². The first-order chi connectivity index (χ1) is 7.75. The first-order valence-electron chi connectivity index (χ1n) is 6.74. The molecule has 2 aliphatic heterocycles. The number of amides is 1. The summed E-state index contributed by atoms with van der Waals surface area (Å²) in [5.74, 6) is 1.89. The molecule has 16 heavy (non-hydrogen) atoms. The van der Waals surface area contributed by atoms with Gasteiger partial charge in [0.1, 0.15) is 0 Å². The predicted octanol–water partition coefficient (Wildman–Crippen LogP) is 1.63. The largest absolute Gasteiger partial charge is 0.342 e. The molecule has 2 heterocycles. The summed E-state index contributed by atoms with van der Waals surface area (Å²) < 4.78 is 0. The number of hydrogen-bond donors (Lipinski definition) is 1. The van der Waals surface area contributed by atoms with Gasteiger partial charge in [-0.1, -0.05) is 6.92 Å². The van der Waals surface area contributed by atoms with Crippen molar-refractivity contribution in [3.05, 3.63) is 0 Å². The quantitative estimate of drug-likeness (QED) is 0.790. The van der Waals surface area contributed by atoms with Crippen molar-refractivity contribution in [1.82, 2.24) is 10.2 Å². The molecule has 92 valence electrons. The van der Waals surface area contributed by atoms with E-state index in [-0.39, 0.29) is 0 Å². The Morgan fingerprint density at radius 3 is 2.69 bits per heavy atom. The molecular weight excluding hydrogens is 200 g/mol. The third kappa shape index (κ3) is 3.21. The van der Waals surface area contributed by atoms with Crippen LogP contribution in [0, 0.1) is 11.8 Å². The Hall–Kier alpha value is -0.570. The van der Waals surface area contributed by atoms with Gasteiger partial charge in [0.2, 0.25) is 5.91 Å². The normalized spacial score (nSPS) is 27.3. The maximum Gasteiger partial charge on any atom is 0.222 e. The lowest BCUT2D eigenvalue weighted by Crippen LogP contribution is -2.31. The average molecular weight is 224 g/mol. The van der Waals surface area contributed by atoms with Gasteiger partial charge < -0.3 is 10.2 Å². The summed E-state index contributed by atoms with van der Waals surface area (Å²) in [6.07, 6.45) is 5.58. The Kier molecular flexibility index (Phi) is 4.22. The third-order valence-corrected chi connectivity index (χ3v) is 4.00. The van der Waals surface area contributed by atoms with Crippen molar-refractivity contribution in [2.45, 2.75) is 39.0 Å². The second-order valence-corrected chi connectivity index (χ2v) is 5.47. The summed E-state index contributed by atoms with van der Waals surface area (Å²) in [5.41, 5.74) is 0. The molecule has 2 saturated heterocycles. The number of hydrogen-bond acceptors (Lipinski definition) is 2. The van der Waals surface area contributed by atoms with Crippen LogP contribution in [0.25, 0.3) is 0 Å². The Morgan fingerprint density at radius 1 is 1.31 bits per heavy atom. The smallest absolute Gasteiger partial charge is 0.222 e. The maximum atomic E-state index is 11.9. The standard InChI is InChI=1S/C13H24N2O/c1-11-6-9-15(10-11)13(16)3-2-12-4-7-14-8-5-12/h11-12,14H,2-10H2,1H3. The van der Waals surface area contributed by atoms with Crippen molar-refractivity contribution in [1.29, 1.82) is 0 Å². The fourth-order valence-corrected chi connectivity index (χ4v) is 2.82. The highest BCUT2D eigenvalue weighted by atomic mass is 16.2. The van der Waals surface area contributed by atoms with Gasteiger partial charge in [-0.2, -0.15) is 0 Å². The van der Waals surface area contributed by atoms with E-state index in [9.17, 15) is 4.79 Å². The van der Waals surface area contributed by atoms with Crippen molar-refractivity contribution < 1.29 is 4.79 Å². The number of nitrogens with one attached hydrogen (secondary N) is 1. The zero-order valence-electron chi connectivity index (χ0n) is 10.4. The molecule has 0 spiro atoms. The fraction of sp³-hybridized carbons (Fsp3) is 0.923. The molecule has 2 fully saturated rings. The molecule has 3 heteroatoms. The summed E-state index contributed by atoms with van der Waals surface area (Å²) in [4.78, 5) is 14.0. The van der Waals surface area contributed by atoms with Gasteiger partial charge in [0.05, 0.1) is 0 Å². The Bertz CT molecular complexity index is 236. The van der Waals surface area contributed by atoms with E-state index in [0.29, 0.717) is 11.8 Å². The van der Waals surface area contributed by atoms with Crippen LogP contribution in [-0.2, 0) is 4.79 Å². The monoisotopic (exact) mass is 224 g/mol. The number of likely N-dealkylation sites (tertiary alicyclic amines) is 1. The summed E-state index contributed by atoms with van der Waals surface area (Å²) in [7, 11) is 0. The van der Waals surface area contributed by atoms with E-state index >= 15 is 0 Å². The molecule has 0 saturated carbocycles. The van der Waals surface area contributed by atoms with Crippen molar-refractivity contribution in [2.75, 3.05) is 26.2 Å². The molecule has 3 nitrogen and oxygen atoms in total. The van der Waals surface area contributed by atoms with Gasteiger partial charge >= 0.3 is 0 Å². The third-order valence-electron chi connectivity index (χ3n) is 4.00. The highest BCUT2D eigenvalue weighted by Gasteiger charge is 2.23. The van der Waals surface area contributed by atoms with Crippen LogP contribution >= 0.6 is 0 Å². The van der Waals surface area contributed by atoms with E-state index < -0.39 is 0 Å². The lowest BCUT2D eigenvalue weighted by atomic mass is 9.93. The van der Waals surface area contributed by atoms with E-state index in [4.69, 9.17) is 0 Å². The molecule has 1 atom stereocenters. The molecule has 0 aliphatic carbocycles. The van der Waals surface area contributed by atoms with Crippen LogP contribution in [0.3, 0.4) is 0 Å². The molecular formula is C13H24N2O. The van der Waals surface area contributed by atoms with Crippen molar-refractivity contribution in [3.8, 4) is 0 Å². The highest BCUT2D eigenvalue weighted by molar-refractivity contribution is 5.76. The molecule has 1 amide bonds. The molecule has 0 radical (unpaired) electrons. The van der Waals surface area contributed by atoms with Gasteiger partial charge in [-0.15, -0.1) is 0 Å². The molecule has 1 unspecified atom stereocenters. The number of rotatable bonds is 3. The summed E-state index contributed by atoms with van der Waals surface area (Å²) in [6.45, 7) is 6.50. The minimum atomic E-state index is 0.392. The first kappa shape index (κ1) is 11.9. The molecule has 0 aromatic carbocycles. The second-order valence-electron chi connectivity index (χ2n) is 5.47. The molecule has 0 bridgehead atoms. The van der Waals surface area contributed by atoms with Gasteiger partial charge in [-0.05, 0) is 50.6 Å². The second kappa shape index (κ2) is 5.67. The van der Waals surface area contributed by atoms with E-state index in [0.717, 1.165) is 44.9 Å². The van der Waals surface area contributed by atoms with Crippen LogP contribution in [0.2, 0.25) is 0 Å². The Morgan fingerprint density at radius 2 is 2.06 bits per heavy atom. The molecule has 2 rings (SSSR count). The van der Waals surface area contributed by atoms with E-state index in [1.54, 1.807) is 0 Å². The fourth-order valence-electron chi connectivity index (χ4n) is 2.82. The molecule has 0 aromatic rings. The van der Waals surface area contributed by atoms with Crippen LogP contribution < -0.4 is 5.32 Å². The Balaban J connectivity index is 1.67. The minimum absolute atomic E-state index is 0.392. The zero-order chi connectivity index (χ0) is 11.4. The highest BCUT2D eigenvalue weighted by Crippen LogP contribution is 2.21. The number of nitrogens with zero attached hydrogens (tertiary/aromatic N) is 1. The van der Waals surface area contributed by atoms with Crippen LogP contribution in [0.4, 0.5) is 0 Å². The Labute approximate surface area is 98.6 Å². The SMILES string of the molecule is CC1CCN(C(=O)CCC2CCNCC2)C1. The summed E-state index contributed by atoms with van der Waals surface area (Å²) in [6, 6.07) is 0. The van der Waals surface area contributed by atoms with Crippen LogP contribution in [0.1, 0.15) is 39.0 Å². The average Bonchev–Trinajstić information content (AvgIpc) is 2.74. The zero-order valence-corrected chi connectivity index (χ0v) is 10.4. The van der Waals surface area contributed by atoms with E-state index in [1.165, 1.54) is 19.3 Å². The minimum Gasteiger partial charge on any atom is -0.342 e. The van der Waals surface area contributed by atoms with Gasteiger partial charge in [-0.25, -0.2) is 0 Å². The molecule has 1 N–H and O–H groups in total. The number of carbonyl (C=O) groups is 1. The van der Waals surface area contributed by atoms with Gasteiger partial charge in [0.15, 0.2) is 0 Å². The van der Waals surface area contributed by atoms with Crippen molar-refractivity contribution in [3.63, 3.8) is 0 Å². The van der Waals surface area contributed by atoms with Crippen LogP contribution in [-0.4, -0.2) is 37.0 Å². The van der Waals surface area contributed by atoms with Crippen LogP contribution in [0.5, 0.6) is 0 Å². The first-order valence-corrected chi connectivity index (χ1v) is 6.74. The predicted molar refractivity (Wildman–Crippen MR) is 65.2 cm³/mol. The lowest BCUT2D eigenvalue weighted by Gasteiger charge is -2.23. The van der Waals surface area contributed by atoms with Crippen LogP contribution in [0.15, 0.2) is 0 Å².